The highest BCUT2D eigenvalue weighted by atomic mass is 127. The molecule has 0 fully saturated rings. The normalized spacial score (nSPS) is 12.1. The number of carbonyl (C=O) groups excluding carboxylic acids is 1. The summed E-state index contributed by atoms with van der Waals surface area (Å²) in [6.07, 6.45) is 4.70. The van der Waals surface area contributed by atoms with E-state index in [-0.39, 0.29) is 35.8 Å². The van der Waals surface area contributed by atoms with E-state index in [9.17, 15) is 4.79 Å². The molecule has 0 aliphatic rings. The molecule has 0 radical (unpaired) electrons. The van der Waals surface area contributed by atoms with Crippen LogP contribution in [0.1, 0.15) is 42.6 Å². The van der Waals surface area contributed by atoms with Crippen molar-refractivity contribution in [2.45, 2.75) is 46.6 Å². The maximum atomic E-state index is 12.1. The van der Waals surface area contributed by atoms with Crippen LogP contribution in [0.15, 0.2) is 35.5 Å². The van der Waals surface area contributed by atoms with Crippen molar-refractivity contribution in [1.29, 1.82) is 0 Å². The van der Waals surface area contributed by atoms with E-state index in [2.05, 4.69) is 32.9 Å². The van der Waals surface area contributed by atoms with E-state index < -0.39 is 0 Å². The molecular weight excluding hydrogens is 497 g/mol. The van der Waals surface area contributed by atoms with Crippen molar-refractivity contribution in [3.63, 3.8) is 0 Å². The SMILES string of the molecule is CCc1cnc(CCNC(=NC)NCc2cccc(NC(=O)C(C)CC)c2)s1.I. The van der Waals surface area contributed by atoms with E-state index in [1.807, 2.05) is 44.3 Å². The van der Waals surface area contributed by atoms with Gasteiger partial charge in [0.1, 0.15) is 0 Å². The molecule has 1 aromatic carbocycles. The fraction of sp³-hybridized carbons (Fsp3) is 0.476. The van der Waals surface area contributed by atoms with Gasteiger partial charge < -0.3 is 16.0 Å². The average Bonchev–Trinajstić information content (AvgIpc) is 3.18. The summed E-state index contributed by atoms with van der Waals surface area (Å²) in [6.45, 7) is 7.50. The minimum Gasteiger partial charge on any atom is -0.356 e. The largest absolute Gasteiger partial charge is 0.356 e. The van der Waals surface area contributed by atoms with Crippen LogP contribution in [0.25, 0.3) is 0 Å². The Balaban J connectivity index is 0.00000420. The Morgan fingerprint density at radius 1 is 1.28 bits per heavy atom. The van der Waals surface area contributed by atoms with Crippen LogP contribution in [0.4, 0.5) is 5.69 Å². The summed E-state index contributed by atoms with van der Waals surface area (Å²) in [5.74, 6) is 0.816. The number of carbonyl (C=O) groups is 1. The van der Waals surface area contributed by atoms with Crippen molar-refractivity contribution < 1.29 is 4.79 Å². The zero-order valence-corrected chi connectivity index (χ0v) is 20.8. The first-order valence-electron chi connectivity index (χ1n) is 9.83. The van der Waals surface area contributed by atoms with Crippen LogP contribution >= 0.6 is 35.3 Å². The van der Waals surface area contributed by atoms with Gasteiger partial charge in [0.15, 0.2) is 5.96 Å². The number of rotatable bonds is 9. The van der Waals surface area contributed by atoms with Crippen LogP contribution in [0, 0.1) is 5.92 Å². The Kier molecular flexibility index (Phi) is 11.8. The van der Waals surface area contributed by atoms with Gasteiger partial charge >= 0.3 is 0 Å². The van der Waals surface area contributed by atoms with Gasteiger partial charge in [-0.2, -0.15) is 0 Å². The monoisotopic (exact) mass is 529 g/mol. The van der Waals surface area contributed by atoms with E-state index in [4.69, 9.17) is 0 Å². The third-order valence-corrected chi connectivity index (χ3v) is 5.72. The second-order valence-electron chi connectivity index (χ2n) is 6.68. The molecule has 0 spiro atoms. The smallest absolute Gasteiger partial charge is 0.227 e. The van der Waals surface area contributed by atoms with Gasteiger partial charge in [0.2, 0.25) is 5.91 Å². The third-order valence-electron chi connectivity index (χ3n) is 4.52. The number of thiazole rings is 1. The number of aromatic nitrogens is 1. The molecule has 160 valence electrons. The number of guanidine groups is 1. The van der Waals surface area contributed by atoms with Crippen molar-refractivity contribution >= 4 is 52.9 Å². The van der Waals surface area contributed by atoms with Gasteiger partial charge in [0.25, 0.3) is 0 Å². The van der Waals surface area contributed by atoms with E-state index in [1.165, 1.54) is 4.88 Å². The molecule has 2 rings (SSSR count). The Hall–Kier alpha value is -1.68. The van der Waals surface area contributed by atoms with Crippen molar-refractivity contribution in [3.8, 4) is 0 Å². The molecule has 8 heteroatoms. The summed E-state index contributed by atoms with van der Waals surface area (Å²) in [6, 6.07) is 7.88. The molecule has 0 bridgehead atoms. The third kappa shape index (κ3) is 8.69. The molecule has 1 unspecified atom stereocenters. The van der Waals surface area contributed by atoms with Gasteiger partial charge in [0, 0.05) is 49.2 Å². The predicted octanol–water partition coefficient (Wildman–Crippen LogP) is 4.22. The van der Waals surface area contributed by atoms with Crippen LogP contribution in [0.3, 0.4) is 0 Å². The molecule has 0 saturated carbocycles. The lowest BCUT2D eigenvalue weighted by atomic mass is 10.1. The lowest BCUT2D eigenvalue weighted by molar-refractivity contribution is -0.119. The van der Waals surface area contributed by atoms with Crippen LogP contribution < -0.4 is 16.0 Å². The molecule has 2 aromatic rings. The minimum atomic E-state index is 0. The van der Waals surface area contributed by atoms with Crippen molar-refractivity contribution in [2.24, 2.45) is 10.9 Å². The zero-order valence-electron chi connectivity index (χ0n) is 17.6. The first-order chi connectivity index (χ1) is 13.5. The number of anilines is 1. The topological polar surface area (TPSA) is 78.4 Å². The van der Waals surface area contributed by atoms with Gasteiger partial charge in [-0.3, -0.25) is 9.79 Å². The molecule has 0 aliphatic heterocycles. The van der Waals surface area contributed by atoms with E-state index in [0.29, 0.717) is 6.54 Å². The zero-order chi connectivity index (χ0) is 20.4. The molecule has 1 amide bonds. The predicted molar refractivity (Wildman–Crippen MR) is 133 cm³/mol. The maximum absolute atomic E-state index is 12.1. The van der Waals surface area contributed by atoms with E-state index >= 15 is 0 Å². The Morgan fingerprint density at radius 2 is 2.07 bits per heavy atom. The summed E-state index contributed by atoms with van der Waals surface area (Å²) in [4.78, 5) is 22.1. The Morgan fingerprint density at radius 3 is 2.72 bits per heavy atom. The first-order valence-corrected chi connectivity index (χ1v) is 10.6. The minimum absolute atomic E-state index is 0. The van der Waals surface area contributed by atoms with Crippen molar-refractivity contribution in [1.82, 2.24) is 15.6 Å². The van der Waals surface area contributed by atoms with E-state index in [1.54, 1.807) is 18.4 Å². The molecule has 0 saturated heterocycles. The quantitative estimate of drug-likeness (QED) is 0.258. The molecule has 29 heavy (non-hydrogen) atoms. The molecule has 0 aliphatic carbocycles. The van der Waals surface area contributed by atoms with Gasteiger partial charge in [0.05, 0.1) is 5.01 Å². The first kappa shape index (κ1) is 25.4. The Labute approximate surface area is 195 Å². The average molecular weight is 529 g/mol. The number of benzene rings is 1. The molecule has 1 aromatic heterocycles. The summed E-state index contributed by atoms with van der Waals surface area (Å²) in [5, 5.41) is 10.8. The summed E-state index contributed by atoms with van der Waals surface area (Å²) < 4.78 is 0. The van der Waals surface area contributed by atoms with Crippen molar-refractivity contribution in [2.75, 3.05) is 18.9 Å². The van der Waals surface area contributed by atoms with Gasteiger partial charge in [-0.25, -0.2) is 4.98 Å². The molecule has 6 nitrogen and oxygen atoms in total. The van der Waals surface area contributed by atoms with Gasteiger partial charge in [-0.15, -0.1) is 35.3 Å². The number of aliphatic imine (C=N–C) groups is 1. The number of hydrogen-bond acceptors (Lipinski definition) is 4. The highest BCUT2D eigenvalue weighted by molar-refractivity contribution is 14.0. The number of amides is 1. The fourth-order valence-electron chi connectivity index (χ4n) is 2.53. The van der Waals surface area contributed by atoms with E-state index in [0.717, 1.165) is 48.0 Å². The number of halogens is 1. The lowest BCUT2D eigenvalue weighted by Gasteiger charge is -2.13. The lowest BCUT2D eigenvalue weighted by Crippen LogP contribution is -2.37. The van der Waals surface area contributed by atoms with Crippen molar-refractivity contribution in [3.05, 3.63) is 45.9 Å². The second-order valence-corrected chi connectivity index (χ2v) is 7.88. The van der Waals surface area contributed by atoms with Crippen LogP contribution in [-0.4, -0.2) is 30.4 Å². The standard InChI is InChI=1S/C21H31N5OS.HI/c1-5-15(3)20(27)26-17-9-7-8-16(12-17)13-25-21(22-4)23-11-10-19-24-14-18(6-2)28-19;/h7-9,12,14-15H,5-6,10-11,13H2,1-4H3,(H,26,27)(H2,22,23,25);1H. The molecule has 3 N–H and O–H groups in total. The summed E-state index contributed by atoms with van der Waals surface area (Å²) >= 11 is 1.77. The summed E-state index contributed by atoms with van der Waals surface area (Å²) in [5.41, 5.74) is 1.90. The van der Waals surface area contributed by atoms with Gasteiger partial charge in [-0.05, 0) is 30.5 Å². The Bertz CT molecular complexity index is 793. The number of nitrogens with one attached hydrogen (secondary N) is 3. The highest BCUT2D eigenvalue weighted by Gasteiger charge is 2.10. The number of nitrogens with zero attached hydrogens (tertiary/aromatic N) is 2. The van der Waals surface area contributed by atoms with Crippen LogP contribution in [0.2, 0.25) is 0 Å². The van der Waals surface area contributed by atoms with Crippen LogP contribution in [0.5, 0.6) is 0 Å². The summed E-state index contributed by atoms with van der Waals surface area (Å²) in [7, 11) is 1.76. The fourth-order valence-corrected chi connectivity index (χ4v) is 3.39. The number of hydrogen-bond donors (Lipinski definition) is 3. The van der Waals surface area contributed by atoms with Crippen LogP contribution in [-0.2, 0) is 24.2 Å². The maximum Gasteiger partial charge on any atom is 0.227 e. The second kappa shape index (κ2) is 13.5. The molecular formula is C21H32IN5OS. The molecule has 1 heterocycles. The number of aryl methyl sites for hydroxylation is 1. The highest BCUT2D eigenvalue weighted by Crippen LogP contribution is 2.14. The van der Waals surface area contributed by atoms with Gasteiger partial charge in [-0.1, -0.05) is 32.9 Å². The molecule has 1 atom stereocenters.